The summed E-state index contributed by atoms with van der Waals surface area (Å²) in [5.74, 6) is 0.503. The van der Waals surface area contributed by atoms with Gasteiger partial charge >= 0.3 is 0 Å². The molecule has 1 saturated heterocycles. The minimum Gasteiger partial charge on any atom is -0.370 e. The summed E-state index contributed by atoms with van der Waals surface area (Å²) in [5, 5.41) is 4.23. The van der Waals surface area contributed by atoms with Crippen LogP contribution in [0.1, 0.15) is 54.8 Å². The van der Waals surface area contributed by atoms with Crippen LogP contribution in [0.15, 0.2) is 36.4 Å². The summed E-state index contributed by atoms with van der Waals surface area (Å²) in [6, 6.07) is 10.8. The number of aromatic amines is 1. The highest BCUT2D eigenvalue weighted by Crippen LogP contribution is 2.29. The van der Waals surface area contributed by atoms with E-state index in [9.17, 15) is 4.79 Å². The van der Waals surface area contributed by atoms with Gasteiger partial charge in [0, 0.05) is 23.7 Å². The number of carbonyl (C=O) groups excluding carboxylic acids is 1. The van der Waals surface area contributed by atoms with Crippen molar-refractivity contribution in [1.82, 2.24) is 15.3 Å². The number of hydrogen-bond acceptors (Lipinski definition) is 3. The van der Waals surface area contributed by atoms with E-state index in [1.54, 1.807) is 12.1 Å². The fourth-order valence-corrected chi connectivity index (χ4v) is 4.23. The summed E-state index contributed by atoms with van der Waals surface area (Å²) in [7, 11) is 0. The first-order valence-corrected chi connectivity index (χ1v) is 10.8. The van der Waals surface area contributed by atoms with Crippen LogP contribution in [0.2, 0.25) is 10.0 Å². The number of nitrogens with one attached hydrogen (secondary N) is 2. The van der Waals surface area contributed by atoms with E-state index in [0.29, 0.717) is 21.4 Å². The maximum absolute atomic E-state index is 12.7. The summed E-state index contributed by atoms with van der Waals surface area (Å²) < 4.78 is 0. The van der Waals surface area contributed by atoms with Crippen LogP contribution in [0.5, 0.6) is 0 Å². The number of amides is 1. The Balaban J connectivity index is 1.47. The van der Waals surface area contributed by atoms with Crippen LogP contribution in [0.25, 0.3) is 11.0 Å². The number of H-pyrrole nitrogens is 1. The third-order valence-electron chi connectivity index (χ3n) is 5.38. The van der Waals surface area contributed by atoms with E-state index in [4.69, 9.17) is 23.2 Å². The van der Waals surface area contributed by atoms with E-state index < -0.39 is 0 Å². The maximum atomic E-state index is 12.7. The predicted octanol–water partition coefficient (Wildman–Crippen LogP) is 5.74. The largest absolute Gasteiger partial charge is 0.370 e. The first kappa shape index (κ1) is 20.0. The van der Waals surface area contributed by atoms with Crippen molar-refractivity contribution in [2.45, 2.75) is 38.6 Å². The topological polar surface area (TPSA) is 61.0 Å². The molecule has 0 unspecified atom stereocenters. The molecule has 152 valence electrons. The van der Waals surface area contributed by atoms with Crippen molar-refractivity contribution in [3.63, 3.8) is 0 Å². The Morgan fingerprint density at radius 1 is 1.10 bits per heavy atom. The zero-order chi connectivity index (χ0) is 20.4. The number of halogens is 2. The molecule has 1 atom stereocenters. The van der Waals surface area contributed by atoms with E-state index in [1.807, 2.05) is 31.2 Å². The van der Waals surface area contributed by atoms with Gasteiger partial charge in [-0.15, -0.1) is 0 Å². The Morgan fingerprint density at radius 2 is 1.86 bits per heavy atom. The van der Waals surface area contributed by atoms with Crippen molar-refractivity contribution in [3.8, 4) is 0 Å². The third-order valence-corrected chi connectivity index (χ3v) is 5.92. The van der Waals surface area contributed by atoms with Gasteiger partial charge in [0.15, 0.2) is 0 Å². The second-order valence-electron chi connectivity index (χ2n) is 7.55. The smallest absolute Gasteiger partial charge is 0.251 e. The number of carbonyl (C=O) groups is 1. The zero-order valence-electron chi connectivity index (χ0n) is 16.3. The van der Waals surface area contributed by atoms with Crippen molar-refractivity contribution < 1.29 is 4.79 Å². The molecule has 1 fully saturated rings. The minimum atomic E-state index is -0.280. The van der Waals surface area contributed by atoms with Gasteiger partial charge in [-0.05, 0) is 56.2 Å². The summed E-state index contributed by atoms with van der Waals surface area (Å²) in [6.07, 6.45) is 4.89. The number of anilines is 1. The van der Waals surface area contributed by atoms with Crippen molar-refractivity contribution in [2.24, 2.45) is 0 Å². The summed E-state index contributed by atoms with van der Waals surface area (Å²) in [4.78, 5) is 22.8. The Labute approximate surface area is 180 Å². The molecular weight excluding hydrogens is 407 g/mol. The molecule has 0 radical (unpaired) electrons. The fraction of sp³-hybridized carbons (Fsp3) is 0.364. The lowest BCUT2D eigenvalue weighted by molar-refractivity contribution is 0.0938. The Bertz CT molecular complexity index is 1020. The fourth-order valence-electron chi connectivity index (χ4n) is 3.77. The van der Waals surface area contributed by atoms with Crippen LogP contribution in [-0.4, -0.2) is 29.0 Å². The van der Waals surface area contributed by atoms with Gasteiger partial charge in [0.25, 0.3) is 5.91 Å². The van der Waals surface area contributed by atoms with E-state index in [-0.39, 0.29) is 11.9 Å². The van der Waals surface area contributed by atoms with Gasteiger partial charge in [-0.25, -0.2) is 4.98 Å². The Kier molecular flexibility index (Phi) is 5.97. The van der Waals surface area contributed by atoms with Crippen LogP contribution >= 0.6 is 23.2 Å². The lowest BCUT2D eigenvalue weighted by Gasteiger charge is -2.24. The first-order valence-electron chi connectivity index (χ1n) is 10.0. The highest BCUT2D eigenvalue weighted by atomic mass is 35.5. The number of aromatic nitrogens is 2. The van der Waals surface area contributed by atoms with Crippen molar-refractivity contribution >= 4 is 45.8 Å². The molecule has 5 nitrogen and oxygen atoms in total. The average molecular weight is 431 g/mol. The molecule has 0 saturated carbocycles. The zero-order valence-corrected chi connectivity index (χ0v) is 17.9. The summed E-state index contributed by atoms with van der Waals surface area (Å²) >= 11 is 12.6. The molecule has 1 aliphatic heterocycles. The van der Waals surface area contributed by atoms with Gasteiger partial charge in [-0.1, -0.05) is 36.0 Å². The Morgan fingerprint density at radius 3 is 2.59 bits per heavy atom. The van der Waals surface area contributed by atoms with E-state index in [0.717, 1.165) is 29.8 Å². The monoisotopic (exact) mass is 430 g/mol. The predicted molar refractivity (Wildman–Crippen MR) is 119 cm³/mol. The quantitative estimate of drug-likeness (QED) is 0.554. The molecule has 0 bridgehead atoms. The Hall–Kier alpha value is -2.24. The average Bonchev–Trinajstić information content (AvgIpc) is 2.93. The molecular formula is C22H24Cl2N4O. The van der Waals surface area contributed by atoms with E-state index in [2.05, 4.69) is 20.2 Å². The molecule has 0 spiro atoms. The van der Waals surface area contributed by atoms with Crippen molar-refractivity contribution in [2.75, 3.05) is 18.0 Å². The molecule has 2 heterocycles. The highest BCUT2D eigenvalue weighted by molar-refractivity contribution is 6.33. The van der Waals surface area contributed by atoms with Crippen LogP contribution in [-0.2, 0) is 0 Å². The molecule has 0 aliphatic carbocycles. The molecule has 29 heavy (non-hydrogen) atoms. The third kappa shape index (κ3) is 4.51. The number of imidazole rings is 1. The van der Waals surface area contributed by atoms with Gasteiger partial charge in [-0.2, -0.15) is 0 Å². The van der Waals surface area contributed by atoms with Crippen LogP contribution in [0.4, 0.5) is 5.69 Å². The normalized spacial score (nSPS) is 15.9. The number of rotatable bonds is 4. The van der Waals surface area contributed by atoms with Crippen LogP contribution in [0.3, 0.4) is 0 Å². The van der Waals surface area contributed by atoms with Gasteiger partial charge in [-0.3, -0.25) is 4.79 Å². The van der Waals surface area contributed by atoms with E-state index in [1.165, 1.54) is 25.7 Å². The number of hydrogen-bond donors (Lipinski definition) is 2. The van der Waals surface area contributed by atoms with Gasteiger partial charge in [0.2, 0.25) is 0 Å². The summed E-state index contributed by atoms with van der Waals surface area (Å²) in [5.41, 5.74) is 3.21. The second-order valence-corrected chi connectivity index (χ2v) is 8.39. The maximum Gasteiger partial charge on any atom is 0.251 e. The van der Waals surface area contributed by atoms with Gasteiger partial charge < -0.3 is 15.2 Å². The SMILES string of the molecule is C[C@H](NC(=O)c1ccc(N2CCCCCC2)c(Cl)c1)c1nc2cc(Cl)ccc2[nH]1. The molecule has 2 N–H and O–H groups in total. The molecule has 1 aromatic heterocycles. The standard InChI is InChI=1S/C22H24Cl2N4O/c1-14(21-26-18-8-7-16(23)13-19(18)27-21)25-22(29)15-6-9-20(17(24)12-15)28-10-4-2-3-5-11-28/h6-9,12-14H,2-5,10-11H2,1H3,(H,25,29)(H,26,27)/t14-/m0/s1. The minimum absolute atomic E-state index is 0.180. The molecule has 4 rings (SSSR count). The lowest BCUT2D eigenvalue weighted by atomic mass is 10.1. The highest BCUT2D eigenvalue weighted by Gasteiger charge is 2.18. The second kappa shape index (κ2) is 8.64. The molecule has 2 aromatic carbocycles. The van der Waals surface area contributed by atoms with Gasteiger partial charge in [0.05, 0.1) is 27.8 Å². The summed E-state index contributed by atoms with van der Waals surface area (Å²) in [6.45, 7) is 3.92. The van der Waals surface area contributed by atoms with Crippen LogP contribution in [0, 0.1) is 0 Å². The molecule has 3 aromatic rings. The first-order chi connectivity index (χ1) is 14.0. The van der Waals surface area contributed by atoms with Crippen LogP contribution < -0.4 is 10.2 Å². The molecule has 7 heteroatoms. The van der Waals surface area contributed by atoms with Crippen molar-refractivity contribution in [3.05, 3.63) is 57.8 Å². The van der Waals surface area contributed by atoms with Gasteiger partial charge in [0.1, 0.15) is 5.82 Å². The molecule has 1 amide bonds. The number of benzene rings is 2. The lowest BCUT2D eigenvalue weighted by Crippen LogP contribution is -2.28. The van der Waals surface area contributed by atoms with E-state index >= 15 is 0 Å². The number of nitrogens with zero attached hydrogens (tertiary/aromatic N) is 2. The van der Waals surface area contributed by atoms with Crippen molar-refractivity contribution in [1.29, 1.82) is 0 Å². The molecule has 1 aliphatic rings. The number of fused-ring (bicyclic) bond motifs is 1.